The molecular formula is C24H28N6O6. The lowest BCUT2D eigenvalue weighted by Gasteiger charge is -2.32. The molecular weight excluding hydrogens is 468 g/mol. The van der Waals surface area contributed by atoms with Gasteiger partial charge in [0.25, 0.3) is 11.8 Å². The molecule has 2 atom stereocenters. The number of carbonyl (C=O) groups is 4. The van der Waals surface area contributed by atoms with E-state index in [0.717, 1.165) is 0 Å². The minimum absolute atomic E-state index is 0.175. The van der Waals surface area contributed by atoms with Crippen molar-refractivity contribution in [2.24, 2.45) is 0 Å². The third-order valence-electron chi connectivity index (χ3n) is 7.21. The highest BCUT2D eigenvalue weighted by atomic mass is 16.3. The second kappa shape index (κ2) is 8.95. The monoisotopic (exact) mass is 496 g/mol. The Balaban J connectivity index is 1.46. The highest BCUT2D eigenvalue weighted by molar-refractivity contribution is 6.02. The third-order valence-corrected chi connectivity index (χ3v) is 7.21. The molecule has 0 bridgehead atoms. The van der Waals surface area contributed by atoms with Crippen molar-refractivity contribution in [3.05, 3.63) is 57.9 Å². The summed E-state index contributed by atoms with van der Waals surface area (Å²) >= 11 is 0. The average Bonchev–Trinajstić information content (AvgIpc) is 3.37. The van der Waals surface area contributed by atoms with Crippen LogP contribution >= 0.6 is 0 Å². The zero-order chi connectivity index (χ0) is 25.7. The van der Waals surface area contributed by atoms with Gasteiger partial charge in [-0.2, -0.15) is 0 Å². The van der Waals surface area contributed by atoms with Crippen LogP contribution < -0.4 is 10.6 Å². The number of hydrogen-bond donors (Lipinski definition) is 4. The number of benzene rings is 1. The molecule has 190 valence electrons. The van der Waals surface area contributed by atoms with Crippen LogP contribution in [0.3, 0.4) is 0 Å². The molecule has 0 spiro atoms. The van der Waals surface area contributed by atoms with Gasteiger partial charge in [0.2, 0.25) is 0 Å². The molecule has 0 radical (unpaired) electrons. The number of likely N-dealkylation sites (N-methyl/N-ethyl adjacent to an activating group) is 2. The SMILES string of the molecule is CN1C(=O)NC(c2ccc(C3NC(=O)N(C)C4=C3C(=O)N(CCO)C4)cc2)C2=C1CN(CCO)C2=O. The van der Waals surface area contributed by atoms with Crippen molar-refractivity contribution in [2.75, 3.05) is 53.5 Å². The molecule has 12 nitrogen and oxygen atoms in total. The number of β-amino-alcohol motifs (C(OH)–C–C–N with tert-alkyl or cyclic N) is 2. The molecule has 0 saturated carbocycles. The van der Waals surface area contributed by atoms with Crippen LogP contribution in [0.15, 0.2) is 46.8 Å². The topological polar surface area (TPSA) is 146 Å². The number of aliphatic hydroxyl groups excluding tert-OH is 2. The summed E-state index contributed by atoms with van der Waals surface area (Å²) in [6.07, 6.45) is 0. The molecule has 36 heavy (non-hydrogen) atoms. The first-order valence-corrected chi connectivity index (χ1v) is 11.7. The first-order valence-electron chi connectivity index (χ1n) is 11.7. The fourth-order valence-corrected chi connectivity index (χ4v) is 5.23. The summed E-state index contributed by atoms with van der Waals surface area (Å²) in [5.74, 6) is -0.476. The predicted octanol–water partition coefficient (Wildman–Crippen LogP) is -0.744. The van der Waals surface area contributed by atoms with Gasteiger partial charge >= 0.3 is 12.1 Å². The Hall–Kier alpha value is -3.90. The number of nitrogens with zero attached hydrogens (tertiary/aromatic N) is 4. The van der Waals surface area contributed by atoms with Crippen molar-refractivity contribution in [1.29, 1.82) is 0 Å². The molecule has 1 aromatic carbocycles. The number of urea groups is 2. The van der Waals surface area contributed by atoms with Crippen LogP contribution in [0.2, 0.25) is 0 Å². The van der Waals surface area contributed by atoms with E-state index in [-0.39, 0.29) is 63.3 Å². The summed E-state index contributed by atoms with van der Waals surface area (Å²) < 4.78 is 0. The maximum atomic E-state index is 13.1. The molecule has 0 aromatic heterocycles. The molecule has 0 aliphatic carbocycles. The first-order chi connectivity index (χ1) is 17.3. The average molecular weight is 497 g/mol. The minimum Gasteiger partial charge on any atom is -0.395 e. The van der Waals surface area contributed by atoms with Crippen molar-refractivity contribution < 1.29 is 29.4 Å². The normalized spacial score (nSPS) is 24.0. The van der Waals surface area contributed by atoms with Crippen molar-refractivity contribution in [3.8, 4) is 0 Å². The molecule has 4 aliphatic heterocycles. The van der Waals surface area contributed by atoms with E-state index in [1.165, 1.54) is 19.6 Å². The van der Waals surface area contributed by atoms with Crippen molar-refractivity contribution in [3.63, 3.8) is 0 Å². The van der Waals surface area contributed by atoms with Gasteiger partial charge in [-0.15, -0.1) is 0 Å². The standard InChI is InChI=1S/C24H28N6O6/c1-27-15-11-29(7-9-31)21(33)17(15)19(25-23(27)35)13-3-5-14(6-4-13)20-18-16(28(2)24(36)26-20)12-30(8-10-32)22(18)34/h3-6,19-20,31-32H,7-12H2,1-2H3,(H,25,35)(H,26,36). The van der Waals surface area contributed by atoms with Gasteiger partial charge in [0.05, 0.1) is 60.9 Å². The van der Waals surface area contributed by atoms with E-state index in [1.807, 2.05) is 0 Å². The molecule has 0 fully saturated rings. The van der Waals surface area contributed by atoms with E-state index in [4.69, 9.17) is 0 Å². The van der Waals surface area contributed by atoms with E-state index >= 15 is 0 Å². The van der Waals surface area contributed by atoms with E-state index < -0.39 is 12.1 Å². The molecule has 1 aromatic rings. The van der Waals surface area contributed by atoms with E-state index in [1.54, 1.807) is 38.4 Å². The van der Waals surface area contributed by atoms with Crippen LogP contribution in [0, 0.1) is 0 Å². The number of hydrogen-bond acceptors (Lipinski definition) is 6. The third kappa shape index (κ3) is 3.60. The lowest BCUT2D eigenvalue weighted by Crippen LogP contribution is -2.45. The summed E-state index contributed by atoms with van der Waals surface area (Å²) in [5, 5.41) is 24.4. The molecule has 4 aliphatic rings. The maximum absolute atomic E-state index is 13.1. The van der Waals surface area contributed by atoms with Gasteiger partial charge in [-0.3, -0.25) is 19.4 Å². The lowest BCUT2D eigenvalue weighted by molar-refractivity contribution is -0.127. The van der Waals surface area contributed by atoms with Gasteiger partial charge < -0.3 is 30.6 Å². The quantitative estimate of drug-likeness (QED) is 0.408. The van der Waals surface area contributed by atoms with Crippen molar-refractivity contribution in [1.82, 2.24) is 30.2 Å². The molecule has 4 heterocycles. The minimum atomic E-state index is -0.663. The molecule has 0 saturated heterocycles. The molecule has 4 N–H and O–H groups in total. The lowest BCUT2D eigenvalue weighted by atomic mass is 9.91. The summed E-state index contributed by atoms with van der Waals surface area (Å²) in [6.45, 7) is 0.495. The Labute approximate surface area is 207 Å². The van der Waals surface area contributed by atoms with Crippen LogP contribution in [0.25, 0.3) is 0 Å². The Morgan fingerprint density at radius 2 is 1.08 bits per heavy atom. The predicted molar refractivity (Wildman–Crippen MR) is 126 cm³/mol. The molecule has 6 amide bonds. The van der Waals surface area contributed by atoms with Gasteiger partial charge in [-0.1, -0.05) is 24.3 Å². The highest BCUT2D eigenvalue weighted by Gasteiger charge is 2.44. The van der Waals surface area contributed by atoms with Gasteiger partial charge in [-0.05, 0) is 11.1 Å². The fourth-order valence-electron chi connectivity index (χ4n) is 5.23. The molecule has 12 heteroatoms. The maximum Gasteiger partial charge on any atom is 0.322 e. The molecule has 2 unspecified atom stereocenters. The van der Waals surface area contributed by atoms with E-state index in [2.05, 4.69) is 10.6 Å². The fraction of sp³-hybridized carbons (Fsp3) is 0.417. The zero-order valence-electron chi connectivity index (χ0n) is 20.0. The van der Waals surface area contributed by atoms with Crippen LogP contribution in [-0.2, 0) is 9.59 Å². The first kappa shape index (κ1) is 23.8. The van der Waals surface area contributed by atoms with Gasteiger partial charge in [0.15, 0.2) is 0 Å². The van der Waals surface area contributed by atoms with Gasteiger partial charge in [0, 0.05) is 27.2 Å². The van der Waals surface area contributed by atoms with Crippen molar-refractivity contribution >= 4 is 23.9 Å². The number of nitrogens with one attached hydrogen (secondary N) is 2. The Bertz CT molecular complexity index is 1110. The summed E-state index contributed by atoms with van der Waals surface area (Å²) in [4.78, 5) is 57.2. The molecule has 5 rings (SSSR count). The number of amides is 6. The largest absolute Gasteiger partial charge is 0.395 e. The Morgan fingerprint density at radius 3 is 1.42 bits per heavy atom. The van der Waals surface area contributed by atoms with Crippen LogP contribution in [-0.4, -0.2) is 107 Å². The summed E-state index contributed by atoms with van der Waals surface area (Å²) in [6, 6.07) is 5.09. The van der Waals surface area contributed by atoms with Crippen LogP contribution in [0.1, 0.15) is 23.2 Å². The second-order valence-corrected chi connectivity index (χ2v) is 9.17. The number of rotatable bonds is 6. The Kier molecular flexibility index (Phi) is 5.92. The summed E-state index contributed by atoms with van der Waals surface area (Å²) in [5.41, 5.74) is 3.48. The smallest absolute Gasteiger partial charge is 0.322 e. The number of aliphatic hydroxyl groups is 2. The van der Waals surface area contributed by atoms with Gasteiger partial charge in [-0.25, -0.2) is 9.59 Å². The van der Waals surface area contributed by atoms with Crippen LogP contribution in [0.5, 0.6) is 0 Å². The van der Waals surface area contributed by atoms with Gasteiger partial charge in [0.1, 0.15) is 0 Å². The van der Waals surface area contributed by atoms with E-state index in [9.17, 15) is 29.4 Å². The van der Waals surface area contributed by atoms with E-state index in [0.29, 0.717) is 33.7 Å². The van der Waals surface area contributed by atoms with Crippen molar-refractivity contribution in [2.45, 2.75) is 12.1 Å². The van der Waals surface area contributed by atoms with Crippen LogP contribution in [0.4, 0.5) is 9.59 Å². The Morgan fingerprint density at radius 1 is 0.722 bits per heavy atom. The second-order valence-electron chi connectivity index (χ2n) is 9.17. The zero-order valence-corrected chi connectivity index (χ0v) is 20.0. The summed E-state index contributed by atoms with van der Waals surface area (Å²) in [7, 11) is 3.21. The highest BCUT2D eigenvalue weighted by Crippen LogP contribution is 2.38. The number of carbonyl (C=O) groups excluding carboxylic acids is 4.